The summed E-state index contributed by atoms with van der Waals surface area (Å²) in [5.74, 6) is -2.77. The van der Waals surface area contributed by atoms with E-state index in [0.717, 1.165) is 49.4 Å². The molecule has 13 heteroatoms. The van der Waals surface area contributed by atoms with E-state index >= 15 is 0 Å². The third-order valence-corrected chi connectivity index (χ3v) is 3.74. The summed E-state index contributed by atoms with van der Waals surface area (Å²) in [5, 5.41) is 4.18. The third kappa shape index (κ3) is 8.01. The van der Waals surface area contributed by atoms with Crippen LogP contribution in [0.5, 0.6) is 11.5 Å². The summed E-state index contributed by atoms with van der Waals surface area (Å²) < 4.78 is 98.1. The van der Waals surface area contributed by atoms with Crippen LogP contribution in [0.4, 0.5) is 42.1 Å². The Labute approximate surface area is 182 Å². The van der Waals surface area contributed by atoms with Crippen molar-refractivity contribution >= 4 is 29.3 Å². The lowest BCUT2D eigenvalue weighted by molar-refractivity contribution is -0.137. The van der Waals surface area contributed by atoms with E-state index in [1.807, 2.05) is 5.32 Å². The van der Waals surface area contributed by atoms with Crippen LogP contribution in [0.1, 0.15) is 18.1 Å². The molecule has 6 nitrogen and oxygen atoms in total. The van der Waals surface area contributed by atoms with Gasteiger partial charge < -0.3 is 20.1 Å². The molecule has 0 atom stereocenters. The van der Waals surface area contributed by atoms with Gasteiger partial charge in [0.15, 0.2) is 0 Å². The van der Waals surface area contributed by atoms with Crippen LogP contribution in [-0.2, 0) is 15.8 Å². The van der Waals surface area contributed by atoms with Crippen molar-refractivity contribution in [2.75, 3.05) is 10.6 Å². The van der Waals surface area contributed by atoms with Gasteiger partial charge in [-0.15, -0.1) is 0 Å². The highest BCUT2D eigenvalue weighted by molar-refractivity contribution is 6.03. The fourth-order valence-corrected chi connectivity index (χ4v) is 2.54. The molecule has 0 fully saturated rings. The van der Waals surface area contributed by atoms with Crippen LogP contribution in [0, 0.1) is 0 Å². The van der Waals surface area contributed by atoms with E-state index < -0.39 is 54.0 Å². The van der Waals surface area contributed by atoms with Crippen LogP contribution < -0.4 is 20.1 Å². The number of carbonyl (C=O) groups is 2. The lowest BCUT2D eigenvalue weighted by atomic mass is 10.1. The van der Waals surface area contributed by atoms with Gasteiger partial charge in [-0.2, -0.15) is 30.7 Å². The van der Waals surface area contributed by atoms with Crippen LogP contribution >= 0.6 is 0 Å². The standard InChI is InChI=1S/C20H15F7N2O4/c1-10(30)28-12-4-6-15(14(8-12)20(25,26)27)29-17(31)7-3-11-2-5-13(32-18(21)22)9-16(11)33-19(23)24/h2-9,18-19H,1H3,(H,28,30)(H,29,31)/b7-3+. The quantitative estimate of drug-likeness (QED) is 0.386. The van der Waals surface area contributed by atoms with Crippen molar-refractivity contribution in [3.63, 3.8) is 0 Å². The van der Waals surface area contributed by atoms with Crippen LogP contribution in [-0.4, -0.2) is 25.0 Å². The van der Waals surface area contributed by atoms with Gasteiger partial charge >= 0.3 is 19.4 Å². The topological polar surface area (TPSA) is 76.7 Å². The van der Waals surface area contributed by atoms with Crippen molar-refractivity contribution < 1.29 is 49.8 Å². The molecule has 2 aromatic carbocycles. The minimum Gasteiger partial charge on any atom is -0.435 e. The Balaban J connectivity index is 2.26. The van der Waals surface area contributed by atoms with Crippen molar-refractivity contribution in [3.8, 4) is 11.5 Å². The predicted molar refractivity (Wildman–Crippen MR) is 103 cm³/mol. The van der Waals surface area contributed by atoms with E-state index in [9.17, 15) is 40.3 Å². The maximum absolute atomic E-state index is 13.3. The lowest BCUT2D eigenvalue weighted by Gasteiger charge is -2.15. The summed E-state index contributed by atoms with van der Waals surface area (Å²) in [4.78, 5) is 23.2. The average molecular weight is 480 g/mol. The number of amides is 2. The van der Waals surface area contributed by atoms with E-state index in [4.69, 9.17) is 0 Å². The predicted octanol–water partition coefficient (Wildman–Crippen LogP) is 5.52. The monoisotopic (exact) mass is 480 g/mol. The molecular weight excluding hydrogens is 465 g/mol. The van der Waals surface area contributed by atoms with Gasteiger partial charge in [0.2, 0.25) is 11.8 Å². The Kier molecular flexibility index (Phi) is 8.26. The van der Waals surface area contributed by atoms with Gasteiger partial charge in [-0.25, -0.2) is 0 Å². The Morgan fingerprint density at radius 2 is 1.61 bits per heavy atom. The van der Waals surface area contributed by atoms with Crippen LogP contribution in [0.3, 0.4) is 0 Å². The summed E-state index contributed by atoms with van der Waals surface area (Å²) in [6, 6.07) is 5.43. The van der Waals surface area contributed by atoms with Gasteiger partial charge in [-0.3, -0.25) is 9.59 Å². The second-order valence-corrected chi connectivity index (χ2v) is 6.22. The van der Waals surface area contributed by atoms with E-state index in [-0.39, 0.29) is 11.3 Å². The first-order valence-electron chi connectivity index (χ1n) is 8.86. The average Bonchev–Trinajstić information content (AvgIpc) is 2.66. The van der Waals surface area contributed by atoms with Crippen LogP contribution in [0.2, 0.25) is 0 Å². The molecule has 0 saturated heterocycles. The maximum atomic E-state index is 13.3. The normalized spacial score (nSPS) is 11.7. The molecule has 0 aliphatic rings. The Morgan fingerprint density at radius 3 is 2.18 bits per heavy atom. The van der Waals surface area contributed by atoms with Crippen molar-refractivity contribution in [1.82, 2.24) is 0 Å². The summed E-state index contributed by atoms with van der Waals surface area (Å²) in [7, 11) is 0. The van der Waals surface area contributed by atoms with Crippen LogP contribution in [0.15, 0.2) is 42.5 Å². The molecule has 2 amide bonds. The van der Waals surface area contributed by atoms with E-state index in [1.54, 1.807) is 0 Å². The van der Waals surface area contributed by atoms with Crippen molar-refractivity contribution in [2.24, 2.45) is 0 Å². The first-order valence-corrected chi connectivity index (χ1v) is 8.86. The molecule has 2 rings (SSSR count). The zero-order chi connectivity index (χ0) is 24.8. The summed E-state index contributed by atoms with van der Waals surface area (Å²) in [5.41, 5.74) is -2.19. The molecular formula is C20H15F7N2O4. The van der Waals surface area contributed by atoms with Crippen molar-refractivity contribution in [3.05, 3.63) is 53.6 Å². The number of ether oxygens (including phenoxy) is 2. The van der Waals surface area contributed by atoms with Gasteiger partial charge in [-0.05, 0) is 36.4 Å². The van der Waals surface area contributed by atoms with Crippen molar-refractivity contribution in [2.45, 2.75) is 26.3 Å². The third-order valence-electron chi connectivity index (χ3n) is 3.74. The van der Waals surface area contributed by atoms with Gasteiger partial charge in [0.1, 0.15) is 11.5 Å². The lowest BCUT2D eigenvalue weighted by Crippen LogP contribution is -2.16. The maximum Gasteiger partial charge on any atom is 0.418 e. The minimum absolute atomic E-state index is 0.150. The Hall–Kier alpha value is -3.77. The Bertz CT molecular complexity index is 1040. The molecule has 0 bridgehead atoms. The molecule has 0 radical (unpaired) electrons. The molecule has 0 aromatic heterocycles. The highest BCUT2D eigenvalue weighted by Gasteiger charge is 2.34. The zero-order valence-corrected chi connectivity index (χ0v) is 16.6. The first-order chi connectivity index (χ1) is 15.3. The number of anilines is 2. The largest absolute Gasteiger partial charge is 0.435 e. The van der Waals surface area contributed by atoms with E-state index in [1.165, 1.54) is 0 Å². The van der Waals surface area contributed by atoms with Crippen molar-refractivity contribution in [1.29, 1.82) is 0 Å². The molecule has 2 N–H and O–H groups in total. The number of halogens is 7. The van der Waals surface area contributed by atoms with E-state index in [0.29, 0.717) is 6.07 Å². The molecule has 0 aliphatic carbocycles. The number of carbonyl (C=O) groups excluding carboxylic acids is 2. The fourth-order valence-electron chi connectivity index (χ4n) is 2.54. The molecule has 0 saturated carbocycles. The second-order valence-electron chi connectivity index (χ2n) is 6.22. The zero-order valence-electron chi connectivity index (χ0n) is 16.6. The Morgan fingerprint density at radius 1 is 0.939 bits per heavy atom. The second kappa shape index (κ2) is 10.7. The smallest absolute Gasteiger partial charge is 0.418 e. The summed E-state index contributed by atoms with van der Waals surface area (Å²) in [6.07, 6.45) is -3.22. The number of rotatable bonds is 8. The highest BCUT2D eigenvalue weighted by Crippen LogP contribution is 2.36. The van der Waals surface area contributed by atoms with E-state index in [2.05, 4.69) is 14.8 Å². The fraction of sp³-hybridized carbons (Fsp3) is 0.200. The molecule has 33 heavy (non-hydrogen) atoms. The number of alkyl halides is 7. The van der Waals surface area contributed by atoms with Gasteiger partial charge in [0.05, 0.1) is 11.3 Å². The molecule has 2 aromatic rings. The first kappa shape index (κ1) is 25.5. The SMILES string of the molecule is CC(=O)Nc1ccc(NC(=O)/C=C/c2ccc(OC(F)F)cc2OC(F)F)c(C(F)(F)F)c1. The minimum atomic E-state index is -4.88. The van der Waals surface area contributed by atoms with Gasteiger partial charge in [0, 0.05) is 30.3 Å². The summed E-state index contributed by atoms with van der Waals surface area (Å²) in [6.45, 7) is -5.45. The van der Waals surface area contributed by atoms with Gasteiger partial charge in [0.25, 0.3) is 0 Å². The molecule has 178 valence electrons. The molecule has 0 unspecified atom stereocenters. The molecule has 0 aliphatic heterocycles. The number of hydrogen-bond acceptors (Lipinski definition) is 4. The number of nitrogens with one attached hydrogen (secondary N) is 2. The molecule has 0 heterocycles. The van der Waals surface area contributed by atoms with Gasteiger partial charge in [-0.1, -0.05) is 0 Å². The number of benzene rings is 2. The van der Waals surface area contributed by atoms with Crippen LogP contribution in [0.25, 0.3) is 6.08 Å². The number of hydrogen-bond donors (Lipinski definition) is 2. The highest BCUT2D eigenvalue weighted by atomic mass is 19.4. The summed E-state index contributed by atoms with van der Waals surface area (Å²) >= 11 is 0. The molecule has 0 spiro atoms.